The van der Waals surface area contributed by atoms with E-state index in [9.17, 15) is 9.59 Å². The van der Waals surface area contributed by atoms with Crippen LogP contribution in [0.4, 0.5) is 0 Å². The molecule has 0 bridgehead atoms. The fraction of sp³-hybridized carbons (Fsp3) is 0.357. The van der Waals surface area contributed by atoms with Gasteiger partial charge in [-0.15, -0.1) is 0 Å². The summed E-state index contributed by atoms with van der Waals surface area (Å²) < 4.78 is 6.55. The Morgan fingerprint density at radius 3 is 2.95 bits per heavy atom. The van der Waals surface area contributed by atoms with Crippen LogP contribution in [0.1, 0.15) is 13.3 Å². The van der Waals surface area contributed by atoms with Gasteiger partial charge in [0.1, 0.15) is 6.54 Å². The molecule has 106 valence electrons. The fourth-order valence-electron chi connectivity index (χ4n) is 1.88. The first-order chi connectivity index (χ1) is 9.70. The van der Waals surface area contributed by atoms with Crippen molar-refractivity contribution < 1.29 is 14.3 Å². The van der Waals surface area contributed by atoms with E-state index in [4.69, 9.17) is 4.74 Å². The third kappa shape index (κ3) is 3.57. The monoisotopic (exact) mass is 275 g/mol. The number of carbonyl (C=O) groups is 2. The molecule has 20 heavy (non-hydrogen) atoms. The van der Waals surface area contributed by atoms with Crippen LogP contribution < -0.4 is 5.32 Å². The molecule has 2 rings (SSSR count). The molecule has 0 aliphatic carbocycles. The summed E-state index contributed by atoms with van der Waals surface area (Å²) in [6.07, 6.45) is 1.82. The molecule has 6 heteroatoms. The molecule has 0 saturated carbocycles. The molecule has 1 aromatic heterocycles. The number of carbonyl (C=O) groups excluding carboxylic acids is 2. The third-order valence-electron chi connectivity index (χ3n) is 2.80. The van der Waals surface area contributed by atoms with Crippen LogP contribution in [0.15, 0.2) is 30.6 Å². The van der Waals surface area contributed by atoms with Crippen LogP contribution in [0.3, 0.4) is 0 Å². The Bertz CT molecular complexity index is 606. The maximum atomic E-state index is 11.8. The molecule has 0 spiro atoms. The van der Waals surface area contributed by atoms with Gasteiger partial charge in [-0.25, -0.2) is 4.98 Å². The molecule has 6 nitrogen and oxygen atoms in total. The van der Waals surface area contributed by atoms with Crippen molar-refractivity contribution in [1.82, 2.24) is 14.9 Å². The Morgan fingerprint density at radius 2 is 2.15 bits per heavy atom. The molecule has 0 radical (unpaired) electrons. The average Bonchev–Trinajstić information content (AvgIpc) is 2.83. The Kier molecular flexibility index (Phi) is 4.70. The Labute approximate surface area is 116 Å². The number of nitrogens with one attached hydrogen (secondary N) is 1. The summed E-state index contributed by atoms with van der Waals surface area (Å²) >= 11 is 0. The van der Waals surface area contributed by atoms with Crippen LogP contribution in [0.25, 0.3) is 11.0 Å². The van der Waals surface area contributed by atoms with E-state index < -0.39 is 0 Å². The number of imidazole rings is 1. The second-order valence-corrected chi connectivity index (χ2v) is 4.27. The highest BCUT2D eigenvalue weighted by Gasteiger charge is 2.07. The number of rotatable bonds is 6. The van der Waals surface area contributed by atoms with Crippen molar-refractivity contribution in [2.45, 2.75) is 19.9 Å². The minimum atomic E-state index is -0.305. The molecule has 0 fully saturated rings. The van der Waals surface area contributed by atoms with Crippen molar-refractivity contribution in [3.63, 3.8) is 0 Å². The van der Waals surface area contributed by atoms with Gasteiger partial charge in [-0.05, 0) is 19.1 Å². The number of benzene rings is 1. The normalized spacial score (nSPS) is 10.4. The molecule has 0 atom stereocenters. The smallest absolute Gasteiger partial charge is 0.307 e. The quantitative estimate of drug-likeness (QED) is 0.801. The van der Waals surface area contributed by atoms with E-state index in [1.165, 1.54) is 0 Å². The number of fused-ring (bicyclic) bond motifs is 1. The number of ether oxygens (including phenoxy) is 1. The van der Waals surface area contributed by atoms with Crippen LogP contribution in [-0.2, 0) is 20.9 Å². The average molecular weight is 275 g/mol. The Morgan fingerprint density at radius 1 is 1.35 bits per heavy atom. The number of nitrogens with zero attached hydrogens (tertiary/aromatic N) is 2. The molecule has 2 aromatic rings. The maximum Gasteiger partial charge on any atom is 0.307 e. The summed E-state index contributed by atoms with van der Waals surface area (Å²) in [5.41, 5.74) is 1.76. The lowest BCUT2D eigenvalue weighted by Crippen LogP contribution is -2.29. The zero-order valence-corrected chi connectivity index (χ0v) is 11.3. The van der Waals surface area contributed by atoms with E-state index in [1.54, 1.807) is 17.8 Å². The lowest BCUT2D eigenvalue weighted by atomic mass is 10.3. The second-order valence-electron chi connectivity index (χ2n) is 4.27. The topological polar surface area (TPSA) is 73.2 Å². The van der Waals surface area contributed by atoms with Crippen molar-refractivity contribution in [3.05, 3.63) is 30.6 Å². The summed E-state index contributed by atoms with van der Waals surface area (Å²) in [5.74, 6) is -0.460. The second kappa shape index (κ2) is 6.70. The van der Waals surface area contributed by atoms with Crippen molar-refractivity contribution in [3.8, 4) is 0 Å². The van der Waals surface area contributed by atoms with Crippen LogP contribution in [0.2, 0.25) is 0 Å². The highest BCUT2D eigenvalue weighted by atomic mass is 16.5. The summed E-state index contributed by atoms with van der Waals surface area (Å²) in [6.45, 7) is 2.57. The molecule has 0 saturated heterocycles. The molecule has 1 heterocycles. The number of hydrogen-bond acceptors (Lipinski definition) is 4. The number of para-hydroxylation sites is 2. The zero-order chi connectivity index (χ0) is 14.4. The van der Waals surface area contributed by atoms with E-state index in [1.807, 2.05) is 24.3 Å². The molecular formula is C14H17N3O3. The summed E-state index contributed by atoms with van der Waals surface area (Å²) in [6, 6.07) is 7.61. The van der Waals surface area contributed by atoms with Crippen LogP contribution in [-0.4, -0.2) is 34.6 Å². The molecule has 1 N–H and O–H groups in total. The summed E-state index contributed by atoms with van der Waals surface area (Å²) in [4.78, 5) is 27.1. The molecule has 1 aromatic carbocycles. The van der Waals surface area contributed by atoms with Gasteiger partial charge in [-0.1, -0.05) is 12.1 Å². The van der Waals surface area contributed by atoms with Gasteiger partial charge in [0.2, 0.25) is 5.91 Å². The predicted molar refractivity (Wildman–Crippen MR) is 74.0 cm³/mol. The Hall–Kier alpha value is -2.37. The van der Waals surface area contributed by atoms with E-state index in [0.717, 1.165) is 11.0 Å². The van der Waals surface area contributed by atoms with Crippen molar-refractivity contribution in [1.29, 1.82) is 0 Å². The van der Waals surface area contributed by atoms with Crippen molar-refractivity contribution in [2.75, 3.05) is 13.2 Å². The number of aromatic nitrogens is 2. The highest BCUT2D eigenvalue weighted by Crippen LogP contribution is 2.11. The van der Waals surface area contributed by atoms with E-state index >= 15 is 0 Å². The van der Waals surface area contributed by atoms with Gasteiger partial charge in [0.15, 0.2) is 0 Å². The minimum Gasteiger partial charge on any atom is -0.466 e. The van der Waals surface area contributed by atoms with Gasteiger partial charge in [-0.2, -0.15) is 0 Å². The highest BCUT2D eigenvalue weighted by molar-refractivity contribution is 5.80. The number of hydrogen-bond donors (Lipinski definition) is 1. The maximum absolute atomic E-state index is 11.8. The zero-order valence-electron chi connectivity index (χ0n) is 11.3. The fourth-order valence-corrected chi connectivity index (χ4v) is 1.88. The van der Waals surface area contributed by atoms with Gasteiger partial charge in [0, 0.05) is 6.54 Å². The van der Waals surface area contributed by atoms with Gasteiger partial charge in [0.05, 0.1) is 30.4 Å². The van der Waals surface area contributed by atoms with Gasteiger partial charge < -0.3 is 14.6 Å². The molecule has 0 unspecified atom stereocenters. The van der Waals surface area contributed by atoms with Gasteiger partial charge >= 0.3 is 5.97 Å². The molecule has 0 aliphatic heterocycles. The minimum absolute atomic E-state index is 0.155. The molecule has 1 amide bonds. The largest absolute Gasteiger partial charge is 0.466 e. The standard InChI is InChI=1S/C14H17N3O3/c1-2-20-14(19)7-8-15-13(18)9-17-10-16-11-5-3-4-6-12(11)17/h3-6,10H,2,7-9H2,1H3,(H,15,18). The Balaban J connectivity index is 1.84. The van der Waals surface area contributed by atoms with Crippen LogP contribution in [0, 0.1) is 0 Å². The first kappa shape index (κ1) is 14.0. The number of esters is 1. The van der Waals surface area contributed by atoms with Crippen molar-refractivity contribution >= 4 is 22.9 Å². The molecule has 0 aliphatic rings. The summed E-state index contributed by atoms with van der Waals surface area (Å²) in [5, 5.41) is 2.69. The first-order valence-electron chi connectivity index (χ1n) is 6.53. The first-order valence-corrected chi connectivity index (χ1v) is 6.53. The molecular weight excluding hydrogens is 258 g/mol. The van der Waals surface area contributed by atoms with E-state index in [0.29, 0.717) is 6.61 Å². The third-order valence-corrected chi connectivity index (χ3v) is 2.80. The lowest BCUT2D eigenvalue weighted by molar-refractivity contribution is -0.143. The van der Waals surface area contributed by atoms with E-state index in [2.05, 4.69) is 10.3 Å². The van der Waals surface area contributed by atoms with Crippen LogP contribution in [0.5, 0.6) is 0 Å². The van der Waals surface area contributed by atoms with Crippen LogP contribution >= 0.6 is 0 Å². The van der Waals surface area contributed by atoms with E-state index in [-0.39, 0.29) is 31.4 Å². The van der Waals surface area contributed by atoms with Gasteiger partial charge in [-0.3, -0.25) is 9.59 Å². The van der Waals surface area contributed by atoms with Crippen molar-refractivity contribution in [2.24, 2.45) is 0 Å². The van der Waals surface area contributed by atoms with Gasteiger partial charge in [0.25, 0.3) is 0 Å². The lowest BCUT2D eigenvalue weighted by Gasteiger charge is -2.06. The summed E-state index contributed by atoms with van der Waals surface area (Å²) in [7, 11) is 0. The SMILES string of the molecule is CCOC(=O)CCNC(=O)Cn1cnc2ccccc21. The number of amides is 1. The predicted octanol–water partition coefficient (Wildman–Crippen LogP) is 1.11.